The number of fused-ring (bicyclic) bond motifs is 1. The van der Waals surface area contributed by atoms with E-state index in [-0.39, 0.29) is 30.6 Å². The first-order chi connectivity index (χ1) is 13.4. The highest BCUT2D eigenvalue weighted by molar-refractivity contribution is 7.89. The Labute approximate surface area is 164 Å². The molecule has 0 aromatic heterocycles. The van der Waals surface area contributed by atoms with Crippen molar-refractivity contribution in [2.45, 2.75) is 11.0 Å². The number of ether oxygens (including phenoxy) is 3. The van der Waals surface area contributed by atoms with Crippen LogP contribution in [0, 0.1) is 0 Å². The van der Waals surface area contributed by atoms with Gasteiger partial charge in [-0.15, -0.1) is 0 Å². The number of hydrogen-bond donors (Lipinski definition) is 1. The van der Waals surface area contributed by atoms with Gasteiger partial charge in [0.05, 0.1) is 11.4 Å². The Kier molecular flexibility index (Phi) is 6.05. The molecule has 1 N–H and O–H groups in total. The average Bonchev–Trinajstić information content (AvgIpc) is 2.71. The number of hydrogen-bond acceptors (Lipinski definition) is 6. The normalized spacial score (nSPS) is 15.9. The lowest BCUT2D eigenvalue weighted by molar-refractivity contribution is -0.130. The highest BCUT2D eigenvalue weighted by Crippen LogP contribution is 2.30. The fraction of sp³-hybridized carbons (Fsp3) is 0.316. The van der Waals surface area contributed by atoms with Crippen LogP contribution in [-0.4, -0.2) is 58.6 Å². The molecule has 0 aliphatic carbocycles. The van der Waals surface area contributed by atoms with Crippen molar-refractivity contribution in [2.75, 3.05) is 33.9 Å². The summed E-state index contributed by atoms with van der Waals surface area (Å²) in [5.41, 5.74) is 0. The predicted octanol–water partition coefficient (Wildman–Crippen LogP) is 1.27. The molecule has 3 rings (SSSR count). The number of carbonyl (C=O) groups excluding carboxylic acids is 1. The molecule has 0 bridgehead atoms. The smallest absolute Gasteiger partial charge is 0.264 e. The highest BCUT2D eigenvalue weighted by atomic mass is 32.2. The fourth-order valence-electron chi connectivity index (χ4n) is 2.52. The highest BCUT2D eigenvalue weighted by Gasteiger charge is 2.26. The summed E-state index contributed by atoms with van der Waals surface area (Å²) in [5, 5.41) is 2.73. The monoisotopic (exact) mass is 406 g/mol. The Morgan fingerprint density at radius 1 is 1.14 bits per heavy atom. The van der Waals surface area contributed by atoms with E-state index >= 15 is 0 Å². The number of para-hydroxylation sites is 2. The van der Waals surface area contributed by atoms with Crippen molar-refractivity contribution < 1.29 is 27.4 Å². The van der Waals surface area contributed by atoms with Gasteiger partial charge in [0.2, 0.25) is 16.1 Å². The van der Waals surface area contributed by atoms with Crippen LogP contribution in [0.1, 0.15) is 0 Å². The zero-order valence-corrected chi connectivity index (χ0v) is 16.4. The zero-order valence-electron chi connectivity index (χ0n) is 15.6. The zero-order chi connectivity index (χ0) is 20.1. The maximum absolute atomic E-state index is 12.2. The summed E-state index contributed by atoms with van der Waals surface area (Å²) in [6.07, 6.45) is -0.717. The Morgan fingerprint density at radius 3 is 2.50 bits per heavy atom. The van der Waals surface area contributed by atoms with Crippen LogP contribution in [-0.2, 0) is 14.8 Å². The largest absolute Gasteiger partial charge is 0.492 e. The van der Waals surface area contributed by atoms with Gasteiger partial charge >= 0.3 is 0 Å². The lowest BCUT2D eigenvalue weighted by Crippen LogP contribution is -2.45. The van der Waals surface area contributed by atoms with Gasteiger partial charge in [-0.05, 0) is 36.4 Å². The molecule has 2 aromatic rings. The maximum Gasteiger partial charge on any atom is 0.264 e. The Morgan fingerprint density at radius 2 is 1.82 bits per heavy atom. The Bertz CT molecular complexity index is 928. The molecule has 1 aliphatic rings. The summed E-state index contributed by atoms with van der Waals surface area (Å²) in [5.74, 6) is 1.39. The first kappa shape index (κ1) is 20.0. The number of sulfonamides is 1. The summed E-state index contributed by atoms with van der Waals surface area (Å²) in [6.45, 7) is 0.652. The van der Waals surface area contributed by atoms with Crippen molar-refractivity contribution in [1.82, 2.24) is 9.62 Å². The van der Waals surface area contributed by atoms with Crippen molar-refractivity contribution in [3.05, 3.63) is 48.5 Å². The fourth-order valence-corrected chi connectivity index (χ4v) is 3.43. The first-order valence-corrected chi connectivity index (χ1v) is 10.1. The van der Waals surface area contributed by atoms with Crippen molar-refractivity contribution >= 4 is 15.9 Å². The molecule has 0 saturated carbocycles. The van der Waals surface area contributed by atoms with E-state index in [4.69, 9.17) is 14.2 Å². The van der Waals surface area contributed by atoms with Gasteiger partial charge < -0.3 is 19.5 Å². The van der Waals surface area contributed by atoms with E-state index in [1.807, 2.05) is 12.1 Å². The summed E-state index contributed by atoms with van der Waals surface area (Å²) in [4.78, 5) is 12.4. The quantitative estimate of drug-likeness (QED) is 0.696. The van der Waals surface area contributed by atoms with E-state index < -0.39 is 16.1 Å². The van der Waals surface area contributed by atoms with E-state index in [9.17, 15) is 13.2 Å². The molecule has 1 unspecified atom stereocenters. The second-order valence-corrected chi connectivity index (χ2v) is 8.41. The molecule has 0 radical (unpaired) electrons. The summed E-state index contributed by atoms with van der Waals surface area (Å²) < 4.78 is 41.9. The van der Waals surface area contributed by atoms with E-state index in [0.29, 0.717) is 17.2 Å². The number of benzene rings is 2. The topological polar surface area (TPSA) is 94.2 Å². The van der Waals surface area contributed by atoms with Crippen LogP contribution in [0.5, 0.6) is 17.2 Å². The Hall–Kier alpha value is -2.78. The second-order valence-electron chi connectivity index (χ2n) is 6.26. The predicted molar refractivity (Wildman–Crippen MR) is 102 cm³/mol. The standard InChI is InChI=1S/C19H22N2O6S/c1-21(2)28(23,24)15-9-7-14(8-10-15)25-12-11-20-19(22)18-13-26-16-5-3-4-6-17(16)27-18/h3-10,18H,11-13H2,1-2H3,(H,20,22). The lowest BCUT2D eigenvalue weighted by atomic mass is 10.2. The van der Waals surface area contributed by atoms with Crippen LogP contribution >= 0.6 is 0 Å². The van der Waals surface area contributed by atoms with E-state index in [1.54, 1.807) is 24.3 Å². The first-order valence-electron chi connectivity index (χ1n) is 8.69. The van der Waals surface area contributed by atoms with Gasteiger partial charge in [0.25, 0.3) is 5.91 Å². The van der Waals surface area contributed by atoms with Gasteiger partial charge in [-0.25, -0.2) is 12.7 Å². The van der Waals surface area contributed by atoms with Gasteiger partial charge in [0.15, 0.2) is 11.5 Å². The van der Waals surface area contributed by atoms with Crippen LogP contribution in [0.2, 0.25) is 0 Å². The number of carbonyl (C=O) groups is 1. The van der Waals surface area contributed by atoms with Gasteiger partial charge in [0, 0.05) is 14.1 Å². The van der Waals surface area contributed by atoms with Gasteiger partial charge in [0.1, 0.15) is 19.0 Å². The van der Waals surface area contributed by atoms with Crippen molar-refractivity contribution in [3.63, 3.8) is 0 Å². The summed E-state index contributed by atoms with van der Waals surface area (Å²) >= 11 is 0. The molecule has 1 aliphatic heterocycles. The average molecular weight is 406 g/mol. The summed E-state index contributed by atoms with van der Waals surface area (Å²) in [7, 11) is -0.520. The molecule has 1 atom stereocenters. The van der Waals surface area contributed by atoms with Crippen LogP contribution in [0.3, 0.4) is 0 Å². The molecule has 1 amide bonds. The molecule has 2 aromatic carbocycles. The van der Waals surface area contributed by atoms with Crippen molar-refractivity contribution in [1.29, 1.82) is 0 Å². The van der Waals surface area contributed by atoms with Gasteiger partial charge in [-0.1, -0.05) is 12.1 Å². The molecule has 9 heteroatoms. The lowest BCUT2D eigenvalue weighted by Gasteiger charge is -2.25. The van der Waals surface area contributed by atoms with Crippen LogP contribution in [0.4, 0.5) is 0 Å². The minimum atomic E-state index is -3.47. The molecule has 28 heavy (non-hydrogen) atoms. The third-order valence-corrected chi connectivity index (χ3v) is 5.90. The molecule has 0 fully saturated rings. The SMILES string of the molecule is CN(C)S(=O)(=O)c1ccc(OCCNC(=O)C2COc3ccccc3O2)cc1. The minimum absolute atomic E-state index is 0.144. The molecular formula is C19H22N2O6S. The van der Waals surface area contributed by atoms with Crippen molar-refractivity contribution in [2.24, 2.45) is 0 Å². The summed E-state index contributed by atoms with van der Waals surface area (Å²) in [6, 6.07) is 13.3. The van der Waals surface area contributed by atoms with E-state index in [0.717, 1.165) is 4.31 Å². The number of nitrogens with zero attached hydrogens (tertiary/aromatic N) is 1. The molecule has 0 saturated heterocycles. The molecule has 1 heterocycles. The van der Waals surface area contributed by atoms with Crippen LogP contribution < -0.4 is 19.5 Å². The molecule has 150 valence electrons. The minimum Gasteiger partial charge on any atom is -0.492 e. The van der Waals surface area contributed by atoms with Crippen molar-refractivity contribution in [3.8, 4) is 17.2 Å². The second kappa shape index (κ2) is 8.49. The Balaban J connectivity index is 1.44. The van der Waals surface area contributed by atoms with Gasteiger partial charge in [-0.3, -0.25) is 4.79 Å². The molecule has 8 nitrogen and oxygen atoms in total. The van der Waals surface area contributed by atoms with E-state index in [2.05, 4.69) is 5.32 Å². The van der Waals surface area contributed by atoms with E-state index in [1.165, 1.54) is 26.2 Å². The third kappa shape index (κ3) is 4.55. The van der Waals surface area contributed by atoms with Crippen LogP contribution in [0.25, 0.3) is 0 Å². The maximum atomic E-state index is 12.2. The van der Waals surface area contributed by atoms with Gasteiger partial charge in [-0.2, -0.15) is 0 Å². The molecular weight excluding hydrogens is 384 g/mol. The van der Waals surface area contributed by atoms with Crippen LogP contribution in [0.15, 0.2) is 53.4 Å². The number of nitrogens with one attached hydrogen (secondary N) is 1. The number of rotatable bonds is 7. The third-order valence-electron chi connectivity index (χ3n) is 4.07. The molecule has 0 spiro atoms. The number of amides is 1.